The average molecular weight is 441 g/mol. The van der Waals surface area contributed by atoms with Crippen molar-refractivity contribution in [2.24, 2.45) is 0 Å². The van der Waals surface area contributed by atoms with E-state index in [-0.39, 0.29) is 0 Å². The summed E-state index contributed by atoms with van der Waals surface area (Å²) in [6.07, 6.45) is 6.13. The van der Waals surface area contributed by atoms with E-state index in [0.29, 0.717) is 0 Å². The van der Waals surface area contributed by atoms with E-state index in [1.807, 2.05) is 0 Å². The third kappa shape index (κ3) is 4.91. The Kier molecular flexibility index (Phi) is 6.92. The fourth-order valence-electron chi connectivity index (χ4n) is 5.17. The second-order valence-corrected chi connectivity index (χ2v) is 9.31. The molecule has 4 aromatic rings. The molecule has 0 amide bonds. The lowest BCUT2D eigenvalue weighted by molar-refractivity contribution is 0.258. The second-order valence-electron chi connectivity index (χ2n) is 9.31. The zero-order chi connectivity index (χ0) is 22.5. The van der Waals surface area contributed by atoms with E-state index >= 15 is 0 Å². The average Bonchev–Trinajstić information content (AvgIpc) is 3.24. The maximum Gasteiger partial charge on any atom is 0.111 e. The Morgan fingerprint density at radius 2 is 1.55 bits per heavy atom. The molecule has 1 fully saturated rings. The summed E-state index contributed by atoms with van der Waals surface area (Å²) in [5.74, 6) is 1.25. The molecule has 2 heterocycles. The second kappa shape index (κ2) is 10.4. The number of para-hydroxylation sites is 1. The molecule has 172 valence electrons. The first-order valence-electron chi connectivity index (χ1n) is 12.7. The van der Waals surface area contributed by atoms with Crippen LogP contribution >= 0.6 is 0 Å². The molecule has 0 aliphatic carbocycles. The van der Waals surface area contributed by atoms with Gasteiger partial charge in [0.05, 0.1) is 11.0 Å². The summed E-state index contributed by atoms with van der Waals surface area (Å²) < 4.78 is 2.51. The lowest BCUT2D eigenvalue weighted by atomic mass is 10.1. The molecule has 1 aliphatic heterocycles. The maximum absolute atomic E-state index is 5.21. The Bertz CT molecular complexity index is 1170. The molecule has 0 unspecified atom stereocenters. The van der Waals surface area contributed by atoms with E-state index in [2.05, 4.69) is 88.0 Å². The van der Waals surface area contributed by atoms with Crippen LogP contribution in [0.15, 0.2) is 66.7 Å². The van der Waals surface area contributed by atoms with Gasteiger partial charge >= 0.3 is 0 Å². The van der Waals surface area contributed by atoms with E-state index in [1.54, 1.807) is 0 Å². The van der Waals surface area contributed by atoms with E-state index in [4.69, 9.17) is 4.98 Å². The number of hydrogen-bond donors (Lipinski definition) is 0. The maximum atomic E-state index is 5.21. The van der Waals surface area contributed by atoms with Crippen molar-refractivity contribution in [2.75, 3.05) is 37.6 Å². The van der Waals surface area contributed by atoms with Crippen molar-refractivity contribution in [2.45, 2.75) is 45.6 Å². The van der Waals surface area contributed by atoms with Gasteiger partial charge < -0.3 is 9.47 Å². The highest BCUT2D eigenvalue weighted by Crippen LogP contribution is 2.27. The van der Waals surface area contributed by atoms with Gasteiger partial charge in [0.2, 0.25) is 0 Å². The predicted molar refractivity (Wildman–Crippen MR) is 140 cm³/mol. The van der Waals surface area contributed by atoms with E-state index < -0.39 is 0 Å². The molecule has 0 atom stereocenters. The summed E-state index contributed by atoms with van der Waals surface area (Å²) in [7, 11) is 0. The minimum Gasteiger partial charge on any atom is -0.369 e. The van der Waals surface area contributed by atoms with Crippen molar-refractivity contribution in [1.82, 2.24) is 14.5 Å². The number of nitrogens with zero attached hydrogens (tertiary/aromatic N) is 4. The van der Waals surface area contributed by atoms with Crippen LogP contribution < -0.4 is 4.90 Å². The van der Waals surface area contributed by atoms with Gasteiger partial charge in [0.25, 0.3) is 0 Å². The summed E-state index contributed by atoms with van der Waals surface area (Å²) in [6.45, 7) is 8.87. The number of imidazole rings is 1. The quantitative estimate of drug-likeness (QED) is 0.292. The SMILES string of the molecule is CCCCCCn1c(CCN2CCN(c3ccccc3)CC2)nc2c3ccccc3ccc21. The topological polar surface area (TPSA) is 24.3 Å². The van der Waals surface area contributed by atoms with Crippen LogP contribution in [0.1, 0.15) is 38.4 Å². The van der Waals surface area contributed by atoms with Gasteiger partial charge in [-0.3, -0.25) is 4.90 Å². The molecule has 1 aromatic heterocycles. The van der Waals surface area contributed by atoms with Gasteiger partial charge in [-0.1, -0.05) is 74.7 Å². The third-order valence-corrected chi connectivity index (χ3v) is 7.10. The van der Waals surface area contributed by atoms with Crippen LogP contribution in [0.5, 0.6) is 0 Å². The molecule has 0 bridgehead atoms. The monoisotopic (exact) mass is 440 g/mol. The molecule has 33 heavy (non-hydrogen) atoms. The number of anilines is 1. The smallest absolute Gasteiger partial charge is 0.111 e. The zero-order valence-electron chi connectivity index (χ0n) is 19.9. The molecule has 0 radical (unpaired) electrons. The van der Waals surface area contributed by atoms with E-state index in [1.165, 1.54) is 59.0 Å². The highest BCUT2D eigenvalue weighted by Gasteiger charge is 2.19. The van der Waals surface area contributed by atoms with Crippen molar-refractivity contribution < 1.29 is 0 Å². The van der Waals surface area contributed by atoms with Crippen LogP contribution in [0, 0.1) is 0 Å². The molecule has 4 heteroatoms. The summed E-state index contributed by atoms with van der Waals surface area (Å²) in [5, 5.41) is 2.56. The first-order chi connectivity index (χ1) is 16.3. The third-order valence-electron chi connectivity index (χ3n) is 7.10. The van der Waals surface area contributed by atoms with Crippen molar-refractivity contribution in [3.8, 4) is 0 Å². The summed E-state index contributed by atoms with van der Waals surface area (Å²) >= 11 is 0. The van der Waals surface area contributed by atoms with Gasteiger partial charge in [0, 0.05) is 56.8 Å². The molecular weight excluding hydrogens is 404 g/mol. The van der Waals surface area contributed by atoms with Gasteiger partial charge in [0.15, 0.2) is 0 Å². The molecule has 1 aliphatic rings. The zero-order valence-corrected chi connectivity index (χ0v) is 19.9. The first kappa shape index (κ1) is 22.0. The normalized spacial score (nSPS) is 15.0. The highest BCUT2D eigenvalue weighted by molar-refractivity contribution is 6.04. The van der Waals surface area contributed by atoms with E-state index in [9.17, 15) is 0 Å². The fourth-order valence-corrected chi connectivity index (χ4v) is 5.17. The van der Waals surface area contributed by atoms with Gasteiger partial charge in [-0.2, -0.15) is 0 Å². The summed E-state index contributed by atoms with van der Waals surface area (Å²) in [4.78, 5) is 10.3. The van der Waals surface area contributed by atoms with Gasteiger partial charge in [-0.15, -0.1) is 0 Å². The first-order valence-corrected chi connectivity index (χ1v) is 12.7. The van der Waals surface area contributed by atoms with Crippen molar-refractivity contribution in [3.63, 3.8) is 0 Å². The van der Waals surface area contributed by atoms with Crippen molar-refractivity contribution in [3.05, 3.63) is 72.6 Å². The number of benzene rings is 3. The molecule has 5 rings (SSSR count). The number of hydrogen-bond acceptors (Lipinski definition) is 3. The molecule has 0 spiro atoms. The molecular formula is C29H36N4. The van der Waals surface area contributed by atoms with Crippen molar-refractivity contribution in [1.29, 1.82) is 0 Å². The Balaban J connectivity index is 1.31. The van der Waals surface area contributed by atoms with Gasteiger partial charge in [-0.25, -0.2) is 4.98 Å². The van der Waals surface area contributed by atoms with Crippen LogP contribution in [0.4, 0.5) is 5.69 Å². The van der Waals surface area contributed by atoms with Crippen LogP contribution in [-0.4, -0.2) is 47.2 Å². The lowest BCUT2D eigenvalue weighted by Crippen LogP contribution is -2.47. The molecule has 1 saturated heterocycles. The Morgan fingerprint density at radius 3 is 2.36 bits per heavy atom. The minimum atomic E-state index is 1.02. The van der Waals surface area contributed by atoms with Crippen LogP contribution in [-0.2, 0) is 13.0 Å². The standard InChI is InChI=1S/C29H36N4/c1-2-3-4-10-18-33-27-16-15-24-11-8-9-14-26(24)29(27)30-28(33)17-19-31-20-22-32(23-21-31)25-12-6-5-7-13-25/h5-9,11-16H,2-4,10,17-23H2,1H3. The molecule has 0 N–H and O–H groups in total. The molecule has 3 aromatic carbocycles. The van der Waals surface area contributed by atoms with Gasteiger partial charge in [0.1, 0.15) is 5.82 Å². The van der Waals surface area contributed by atoms with Crippen LogP contribution in [0.25, 0.3) is 21.8 Å². The minimum absolute atomic E-state index is 1.02. The number of aromatic nitrogens is 2. The number of aryl methyl sites for hydroxylation is 1. The summed E-state index contributed by atoms with van der Waals surface area (Å²) in [6, 6.07) is 24.0. The number of unbranched alkanes of at least 4 members (excludes halogenated alkanes) is 3. The number of rotatable bonds is 9. The number of piperazine rings is 1. The molecule has 0 saturated carbocycles. The summed E-state index contributed by atoms with van der Waals surface area (Å²) in [5.41, 5.74) is 3.82. The Hall–Kier alpha value is -2.85. The van der Waals surface area contributed by atoms with Gasteiger partial charge in [-0.05, 0) is 30.0 Å². The molecule has 4 nitrogen and oxygen atoms in total. The predicted octanol–water partition coefficient (Wildman–Crippen LogP) is 6.13. The Morgan fingerprint density at radius 1 is 0.758 bits per heavy atom. The van der Waals surface area contributed by atoms with Crippen LogP contribution in [0.2, 0.25) is 0 Å². The number of fused-ring (bicyclic) bond motifs is 3. The fraction of sp³-hybridized carbons (Fsp3) is 0.414. The lowest BCUT2D eigenvalue weighted by Gasteiger charge is -2.36. The Labute approximate surface area is 197 Å². The largest absolute Gasteiger partial charge is 0.369 e. The van der Waals surface area contributed by atoms with E-state index in [0.717, 1.165) is 45.7 Å². The van der Waals surface area contributed by atoms with Crippen molar-refractivity contribution >= 4 is 27.5 Å². The van der Waals surface area contributed by atoms with Crippen LogP contribution in [0.3, 0.4) is 0 Å². The highest BCUT2D eigenvalue weighted by atomic mass is 15.3.